The summed E-state index contributed by atoms with van der Waals surface area (Å²) in [5.41, 5.74) is 2.08. The average Bonchev–Trinajstić information content (AvgIpc) is 2.46. The lowest BCUT2D eigenvalue weighted by Crippen LogP contribution is -1.98. The Morgan fingerprint density at radius 1 is 1.05 bits per heavy atom. The lowest BCUT2D eigenvalue weighted by atomic mass is 10.1. The first kappa shape index (κ1) is 13.1. The van der Waals surface area contributed by atoms with Crippen LogP contribution in [0.25, 0.3) is 0 Å². The van der Waals surface area contributed by atoms with Crippen LogP contribution in [0.15, 0.2) is 42.5 Å². The van der Waals surface area contributed by atoms with Crippen LogP contribution in [0.1, 0.15) is 21.5 Å². The molecule has 2 N–H and O–H groups in total. The molecule has 2 aromatic rings. The zero-order valence-corrected chi connectivity index (χ0v) is 10.2. The summed E-state index contributed by atoms with van der Waals surface area (Å²) >= 11 is 0. The van der Waals surface area contributed by atoms with E-state index in [4.69, 9.17) is 9.84 Å². The van der Waals surface area contributed by atoms with Crippen molar-refractivity contribution in [3.05, 3.63) is 59.2 Å². The Labute approximate surface area is 110 Å². The molecule has 0 aliphatic heterocycles. The molecule has 2 aromatic carbocycles. The first-order valence-corrected chi connectivity index (χ1v) is 5.82. The highest BCUT2D eigenvalue weighted by atomic mass is 16.5. The van der Waals surface area contributed by atoms with Crippen LogP contribution in [0.4, 0.5) is 0 Å². The fourth-order valence-electron chi connectivity index (χ4n) is 1.66. The molecule has 0 spiro atoms. The number of aromatic hydroxyl groups is 1. The number of phenols is 1. The molecule has 0 bridgehead atoms. The minimum absolute atomic E-state index is 0.00832. The maximum Gasteiger partial charge on any atom is 0.153 e. The van der Waals surface area contributed by atoms with Crippen molar-refractivity contribution in [3.63, 3.8) is 0 Å². The molecule has 0 aliphatic rings. The Kier molecular flexibility index (Phi) is 4.15. The molecule has 0 saturated carbocycles. The molecule has 0 fully saturated rings. The zero-order valence-electron chi connectivity index (χ0n) is 10.2. The van der Waals surface area contributed by atoms with E-state index in [1.807, 2.05) is 24.3 Å². The molecule has 0 unspecified atom stereocenters. The van der Waals surface area contributed by atoms with Crippen molar-refractivity contribution in [1.82, 2.24) is 0 Å². The maximum atomic E-state index is 10.9. The van der Waals surface area contributed by atoms with Gasteiger partial charge in [0.2, 0.25) is 0 Å². The number of aliphatic hydroxyl groups is 1. The van der Waals surface area contributed by atoms with Crippen molar-refractivity contribution >= 4 is 6.29 Å². The predicted molar refractivity (Wildman–Crippen MR) is 70.2 cm³/mol. The zero-order chi connectivity index (χ0) is 13.7. The Morgan fingerprint density at radius 2 is 1.74 bits per heavy atom. The lowest BCUT2D eigenvalue weighted by molar-refractivity contribution is 0.111. The van der Waals surface area contributed by atoms with Crippen LogP contribution in [-0.2, 0) is 13.2 Å². The fraction of sp³-hybridized carbons (Fsp3) is 0.133. The van der Waals surface area contributed by atoms with Gasteiger partial charge in [-0.15, -0.1) is 0 Å². The van der Waals surface area contributed by atoms with Crippen molar-refractivity contribution in [3.8, 4) is 11.5 Å². The van der Waals surface area contributed by atoms with E-state index in [-0.39, 0.29) is 12.4 Å². The number of hydrogen-bond acceptors (Lipinski definition) is 4. The average molecular weight is 258 g/mol. The first-order chi connectivity index (χ1) is 9.22. The minimum atomic E-state index is 0.00832. The molecule has 4 heteroatoms. The van der Waals surface area contributed by atoms with Crippen LogP contribution in [0.3, 0.4) is 0 Å². The van der Waals surface area contributed by atoms with Crippen LogP contribution < -0.4 is 4.74 Å². The molecule has 19 heavy (non-hydrogen) atoms. The van der Waals surface area contributed by atoms with Gasteiger partial charge in [0.05, 0.1) is 12.2 Å². The number of rotatable bonds is 5. The van der Waals surface area contributed by atoms with Gasteiger partial charge in [-0.25, -0.2) is 0 Å². The summed E-state index contributed by atoms with van der Waals surface area (Å²) in [6, 6.07) is 11.7. The van der Waals surface area contributed by atoms with Crippen LogP contribution in [0, 0.1) is 0 Å². The summed E-state index contributed by atoms with van der Waals surface area (Å²) in [5.74, 6) is 0.459. The summed E-state index contributed by atoms with van der Waals surface area (Å²) < 4.78 is 5.54. The second kappa shape index (κ2) is 6.02. The summed E-state index contributed by atoms with van der Waals surface area (Å²) in [6.45, 7) is 0.325. The molecule has 0 saturated heterocycles. The molecule has 98 valence electrons. The summed E-state index contributed by atoms with van der Waals surface area (Å²) in [6.07, 6.45) is 0.643. The highest BCUT2D eigenvalue weighted by Crippen LogP contribution is 2.22. The number of phenolic OH excluding ortho intramolecular Hbond substituents is 1. The highest BCUT2D eigenvalue weighted by molar-refractivity contribution is 5.80. The van der Waals surface area contributed by atoms with Crippen LogP contribution in [0.5, 0.6) is 11.5 Å². The molecule has 0 atom stereocenters. The largest absolute Gasteiger partial charge is 0.508 e. The summed E-state index contributed by atoms with van der Waals surface area (Å²) in [4.78, 5) is 10.9. The van der Waals surface area contributed by atoms with Crippen molar-refractivity contribution in [2.24, 2.45) is 0 Å². The molecular weight excluding hydrogens is 244 g/mol. The quantitative estimate of drug-likeness (QED) is 0.807. The smallest absolute Gasteiger partial charge is 0.153 e. The standard InChI is InChI=1S/C15H14O4/c16-8-11-1-3-12(4-2-11)10-19-15-6-5-14(18)7-13(15)9-17/h1-7,9,16,18H,8,10H2. The molecule has 0 radical (unpaired) electrons. The summed E-state index contributed by atoms with van der Waals surface area (Å²) in [7, 11) is 0. The Hall–Kier alpha value is -2.33. The van der Waals surface area contributed by atoms with E-state index >= 15 is 0 Å². The van der Waals surface area contributed by atoms with Crippen molar-refractivity contribution in [1.29, 1.82) is 0 Å². The van der Waals surface area contributed by atoms with Crippen molar-refractivity contribution in [2.75, 3.05) is 0 Å². The van der Waals surface area contributed by atoms with Gasteiger partial charge in [0, 0.05) is 0 Å². The highest BCUT2D eigenvalue weighted by Gasteiger charge is 2.04. The first-order valence-electron chi connectivity index (χ1n) is 5.82. The van der Waals surface area contributed by atoms with E-state index in [2.05, 4.69) is 0 Å². The van der Waals surface area contributed by atoms with Gasteiger partial charge in [-0.1, -0.05) is 24.3 Å². The van der Waals surface area contributed by atoms with E-state index < -0.39 is 0 Å². The van der Waals surface area contributed by atoms with Gasteiger partial charge in [-0.2, -0.15) is 0 Å². The normalized spacial score (nSPS) is 10.2. The molecule has 0 aromatic heterocycles. The molecule has 0 aliphatic carbocycles. The topological polar surface area (TPSA) is 66.8 Å². The Bertz CT molecular complexity index is 561. The van der Waals surface area contributed by atoms with Gasteiger partial charge in [-0.05, 0) is 29.3 Å². The Morgan fingerprint density at radius 3 is 2.37 bits per heavy atom. The number of carbonyl (C=O) groups is 1. The third-order valence-electron chi connectivity index (χ3n) is 2.72. The van der Waals surface area contributed by atoms with Gasteiger partial charge < -0.3 is 14.9 Å². The van der Waals surface area contributed by atoms with Gasteiger partial charge in [0.25, 0.3) is 0 Å². The number of carbonyl (C=O) groups excluding carboxylic acids is 1. The number of ether oxygens (including phenoxy) is 1. The second-order valence-electron chi connectivity index (χ2n) is 4.10. The SMILES string of the molecule is O=Cc1cc(O)ccc1OCc1ccc(CO)cc1. The van der Waals surface area contributed by atoms with E-state index in [0.29, 0.717) is 24.2 Å². The number of hydrogen-bond donors (Lipinski definition) is 2. The number of aldehydes is 1. The number of aliphatic hydroxyl groups excluding tert-OH is 1. The molecule has 4 nitrogen and oxygen atoms in total. The Balaban J connectivity index is 2.07. The van der Waals surface area contributed by atoms with Crippen molar-refractivity contribution < 1.29 is 19.7 Å². The second-order valence-corrected chi connectivity index (χ2v) is 4.10. The maximum absolute atomic E-state index is 10.9. The van der Waals surface area contributed by atoms with Crippen LogP contribution in [-0.4, -0.2) is 16.5 Å². The fourth-order valence-corrected chi connectivity index (χ4v) is 1.66. The van der Waals surface area contributed by atoms with Crippen LogP contribution in [0.2, 0.25) is 0 Å². The minimum Gasteiger partial charge on any atom is -0.508 e. The third kappa shape index (κ3) is 3.33. The van der Waals surface area contributed by atoms with Crippen molar-refractivity contribution in [2.45, 2.75) is 13.2 Å². The van der Waals surface area contributed by atoms with Gasteiger partial charge in [-0.3, -0.25) is 4.79 Å². The third-order valence-corrected chi connectivity index (χ3v) is 2.72. The molecule has 2 rings (SSSR count). The molecule has 0 heterocycles. The van der Waals surface area contributed by atoms with E-state index in [1.54, 1.807) is 6.07 Å². The van der Waals surface area contributed by atoms with E-state index in [9.17, 15) is 9.90 Å². The van der Waals surface area contributed by atoms with Gasteiger partial charge >= 0.3 is 0 Å². The van der Waals surface area contributed by atoms with Gasteiger partial charge in [0.15, 0.2) is 6.29 Å². The molecular formula is C15H14O4. The van der Waals surface area contributed by atoms with Crippen LogP contribution >= 0.6 is 0 Å². The number of benzene rings is 2. The van der Waals surface area contributed by atoms with E-state index in [1.165, 1.54) is 12.1 Å². The summed E-state index contributed by atoms with van der Waals surface area (Å²) in [5, 5.41) is 18.2. The lowest BCUT2D eigenvalue weighted by Gasteiger charge is -2.09. The monoisotopic (exact) mass is 258 g/mol. The van der Waals surface area contributed by atoms with E-state index in [0.717, 1.165) is 11.1 Å². The molecule has 0 amide bonds. The predicted octanol–water partition coefficient (Wildman–Crippen LogP) is 2.28. The van der Waals surface area contributed by atoms with Gasteiger partial charge in [0.1, 0.15) is 18.1 Å².